The number of nitrogens with one attached hydrogen (secondary N) is 1. The lowest BCUT2D eigenvalue weighted by Gasteiger charge is -2.24. The van der Waals surface area contributed by atoms with E-state index in [1.807, 2.05) is 0 Å². The van der Waals surface area contributed by atoms with Gasteiger partial charge in [0, 0.05) is 12.3 Å². The quantitative estimate of drug-likeness (QED) is 0.868. The summed E-state index contributed by atoms with van der Waals surface area (Å²) >= 11 is 0. The molecule has 2 heterocycles. The number of piperidine rings is 1. The van der Waals surface area contributed by atoms with Crippen LogP contribution in [-0.4, -0.2) is 24.2 Å². The van der Waals surface area contributed by atoms with Gasteiger partial charge in [-0.15, -0.1) is 0 Å². The van der Waals surface area contributed by atoms with Crippen molar-refractivity contribution >= 4 is 0 Å². The first-order valence-corrected chi connectivity index (χ1v) is 5.46. The number of hydrogen-bond acceptors (Lipinski definition) is 3. The first kappa shape index (κ1) is 12.2. The summed E-state index contributed by atoms with van der Waals surface area (Å²) in [5.41, 5.74) is -0.913. The molecule has 6 heteroatoms. The van der Waals surface area contributed by atoms with Gasteiger partial charge in [-0.05, 0) is 32.0 Å². The van der Waals surface area contributed by atoms with Gasteiger partial charge in [0.05, 0.1) is 0 Å². The average Bonchev–Trinajstić information content (AvgIpc) is 2.29. The van der Waals surface area contributed by atoms with Crippen molar-refractivity contribution in [3.63, 3.8) is 0 Å². The van der Waals surface area contributed by atoms with E-state index in [9.17, 15) is 13.2 Å². The second-order valence-corrected chi connectivity index (χ2v) is 3.94. The number of rotatable bonds is 2. The Hall–Kier alpha value is -1.30. The zero-order valence-corrected chi connectivity index (χ0v) is 9.13. The van der Waals surface area contributed by atoms with Crippen molar-refractivity contribution in [1.29, 1.82) is 0 Å². The Morgan fingerprint density at radius 1 is 1.29 bits per heavy atom. The number of alkyl halides is 3. The highest BCUT2D eigenvalue weighted by molar-refractivity contribution is 5.24. The van der Waals surface area contributed by atoms with Gasteiger partial charge in [0.1, 0.15) is 17.5 Å². The van der Waals surface area contributed by atoms with Crippen LogP contribution in [0.15, 0.2) is 18.3 Å². The van der Waals surface area contributed by atoms with Crippen molar-refractivity contribution in [3.8, 4) is 5.75 Å². The van der Waals surface area contributed by atoms with Gasteiger partial charge in [0.15, 0.2) is 0 Å². The molecule has 0 amide bonds. The molecule has 0 atom stereocenters. The molecular weight excluding hydrogens is 233 g/mol. The van der Waals surface area contributed by atoms with E-state index >= 15 is 0 Å². The number of ether oxygens (including phenoxy) is 1. The standard InChI is InChI=1S/C11H13F3N2O/c12-11(13,14)10-7-9(3-6-16-10)17-8-1-4-15-5-2-8/h3,6-8,15H,1-2,4-5H2. The normalized spacial score (nSPS) is 18.1. The first-order valence-electron chi connectivity index (χ1n) is 5.46. The van der Waals surface area contributed by atoms with Crippen LogP contribution in [0, 0.1) is 0 Å². The molecule has 17 heavy (non-hydrogen) atoms. The number of nitrogens with zero attached hydrogens (tertiary/aromatic N) is 1. The molecule has 0 unspecified atom stereocenters. The van der Waals surface area contributed by atoms with Crippen LogP contribution in [0.4, 0.5) is 13.2 Å². The monoisotopic (exact) mass is 246 g/mol. The molecule has 1 aromatic heterocycles. The maximum absolute atomic E-state index is 12.4. The van der Waals surface area contributed by atoms with E-state index in [1.165, 1.54) is 6.07 Å². The summed E-state index contributed by atoms with van der Waals surface area (Å²) in [7, 11) is 0. The maximum atomic E-state index is 12.4. The molecule has 0 bridgehead atoms. The number of hydrogen-bond donors (Lipinski definition) is 1. The lowest BCUT2D eigenvalue weighted by molar-refractivity contribution is -0.141. The number of aromatic nitrogens is 1. The molecular formula is C11H13F3N2O. The van der Waals surface area contributed by atoms with E-state index in [1.54, 1.807) is 0 Å². The summed E-state index contributed by atoms with van der Waals surface area (Å²) in [5.74, 6) is 0.235. The molecule has 1 aromatic rings. The topological polar surface area (TPSA) is 34.1 Å². The highest BCUT2D eigenvalue weighted by Gasteiger charge is 2.32. The Labute approximate surface area is 97.0 Å². The van der Waals surface area contributed by atoms with Crippen molar-refractivity contribution in [1.82, 2.24) is 10.3 Å². The van der Waals surface area contributed by atoms with E-state index in [-0.39, 0.29) is 11.9 Å². The second kappa shape index (κ2) is 4.91. The Morgan fingerprint density at radius 3 is 2.65 bits per heavy atom. The van der Waals surface area contributed by atoms with E-state index in [4.69, 9.17) is 4.74 Å². The van der Waals surface area contributed by atoms with E-state index in [2.05, 4.69) is 10.3 Å². The third-order valence-corrected chi connectivity index (χ3v) is 2.61. The molecule has 94 valence electrons. The van der Waals surface area contributed by atoms with Crippen molar-refractivity contribution in [2.45, 2.75) is 25.1 Å². The van der Waals surface area contributed by atoms with E-state index in [0.29, 0.717) is 0 Å². The Balaban J connectivity index is 2.05. The molecule has 1 N–H and O–H groups in total. The summed E-state index contributed by atoms with van der Waals surface area (Å²) in [5, 5.41) is 3.16. The SMILES string of the molecule is FC(F)(F)c1cc(OC2CCNCC2)ccn1. The molecule has 1 saturated heterocycles. The molecule has 1 fully saturated rings. The van der Waals surface area contributed by atoms with Crippen LogP contribution >= 0.6 is 0 Å². The predicted molar refractivity (Wildman–Crippen MR) is 55.8 cm³/mol. The minimum atomic E-state index is -4.42. The van der Waals surface area contributed by atoms with Crippen LogP contribution in [0.2, 0.25) is 0 Å². The first-order chi connectivity index (χ1) is 8.05. The van der Waals surface area contributed by atoms with Gasteiger partial charge in [-0.3, -0.25) is 4.98 Å². The van der Waals surface area contributed by atoms with E-state index in [0.717, 1.165) is 38.2 Å². The summed E-state index contributed by atoms with van der Waals surface area (Å²) in [6, 6.07) is 2.40. The minimum Gasteiger partial charge on any atom is -0.490 e. The highest BCUT2D eigenvalue weighted by atomic mass is 19.4. The fourth-order valence-electron chi connectivity index (χ4n) is 1.75. The third kappa shape index (κ3) is 3.33. The molecule has 1 aliphatic heterocycles. The lowest BCUT2D eigenvalue weighted by atomic mass is 10.1. The molecule has 1 aliphatic rings. The fourth-order valence-corrected chi connectivity index (χ4v) is 1.75. The number of halogens is 3. The Morgan fingerprint density at radius 2 is 2.00 bits per heavy atom. The van der Waals surface area contributed by atoms with Crippen LogP contribution in [0.1, 0.15) is 18.5 Å². The molecule has 0 saturated carbocycles. The zero-order chi connectivity index (χ0) is 12.3. The van der Waals surface area contributed by atoms with Crippen LogP contribution in [0.3, 0.4) is 0 Å². The molecule has 3 nitrogen and oxygen atoms in total. The average molecular weight is 246 g/mol. The Bertz CT molecular complexity index is 375. The van der Waals surface area contributed by atoms with Crippen molar-refractivity contribution < 1.29 is 17.9 Å². The van der Waals surface area contributed by atoms with Crippen molar-refractivity contribution in [2.75, 3.05) is 13.1 Å². The van der Waals surface area contributed by atoms with Gasteiger partial charge in [0.25, 0.3) is 0 Å². The smallest absolute Gasteiger partial charge is 0.433 e. The van der Waals surface area contributed by atoms with Crippen LogP contribution < -0.4 is 10.1 Å². The van der Waals surface area contributed by atoms with Gasteiger partial charge in [0.2, 0.25) is 0 Å². The van der Waals surface area contributed by atoms with Crippen LogP contribution in [-0.2, 0) is 6.18 Å². The van der Waals surface area contributed by atoms with Gasteiger partial charge in [-0.1, -0.05) is 0 Å². The summed E-state index contributed by atoms with van der Waals surface area (Å²) in [4.78, 5) is 3.29. The van der Waals surface area contributed by atoms with Crippen molar-refractivity contribution in [3.05, 3.63) is 24.0 Å². The lowest BCUT2D eigenvalue weighted by Crippen LogP contribution is -2.34. The predicted octanol–water partition coefficient (Wildman–Crippen LogP) is 2.23. The fraction of sp³-hybridized carbons (Fsp3) is 0.545. The van der Waals surface area contributed by atoms with Gasteiger partial charge in [-0.2, -0.15) is 13.2 Å². The largest absolute Gasteiger partial charge is 0.490 e. The molecule has 2 rings (SSSR count). The minimum absolute atomic E-state index is 0.0141. The van der Waals surface area contributed by atoms with Gasteiger partial charge in [-0.25, -0.2) is 0 Å². The zero-order valence-electron chi connectivity index (χ0n) is 9.13. The summed E-state index contributed by atoms with van der Waals surface area (Å²) in [6.45, 7) is 1.67. The van der Waals surface area contributed by atoms with Crippen LogP contribution in [0.25, 0.3) is 0 Å². The molecule has 0 aromatic carbocycles. The third-order valence-electron chi connectivity index (χ3n) is 2.61. The maximum Gasteiger partial charge on any atom is 0.433 e. The van der Waals surface area contributed by atoms with Gasteiger partial charge >= 0.3 is 6.18 Å². The molecule has 0 radical (unpaired) electrons. The Kier molecular flexibility index (Phi) is 3.51. The second-order valence-electron chi connectivity index (χ2n) is 3.94. The molecule has 0 aliphatic carbocycles. The molecule has 0 spiro atoms. The van der Waals surface area contributed by atoms with Gasteiger partial charge < -0.3 is 10.1 Å². The van der Waals surface area contributed by atoms with Crippen molar-refractivity contribution in [2.24, 2.45) is 0 Å². The highest BCUT2D eigenvalue weighted by Crippen LogP contribution is 2.30. The van der Waals surface area contributed by atoms with E-state index < -0.39 is 11.9 Å². The van der Waals surface area contributed by atoms with Crippen LogP contribution in [0.5, 0.6) is 5.75 Å². The summed E-state index contributed by atoms with van der Waals surface area (Å²) in [6.07, 6.45) is -1.69. The number of pyridine rings is 1. The summed E-state index contributed by atoms with van der Waals surface area (Å²) < 4.78 is 42.8.